The first-order valence-electron chi connectivity index (χ1n) is 14.1. The summed E-state index contributed by atoms with van der Waals surface area (Å²) in [7, 11) is 1.00. The van der Waals surface area contributed by atoms with Gasteiger partial charge < -0.3 is 30.6 Å². The van der Waals surface area contributed by atoms with Crippen LogP contribution in [0.25, 0.3) is 5.76 Å². The molecule has 45 heavy (non-hydrogen) atoms. The van der Waals surface area contributed by atoms with E-state index in [1.807, 2.05) is 60.7 Å². The summed E-state index contributed by atoms with van der Waals surface area (Å²) in [6, 6.07) is 36.1. The van der Waals surface area contributed by atoms with Crippen LogP contribution in [-0.4, -0.2) is 55.7 Å². The van der Waals surface area contributed by atoms with Crippen LogP contribution >= 0.6 is 0 Å². The van der Waals surface area contributed by atoms with E-state index in [0.29, 0.717) is 11.1 Å². The van der Waals surface area contributed by atoms with Crippen LogP contribution in [0.4, 0.5) is 0 Å². The minimum absolute atomic E-state index is 0.0124. The number of hydrogen-bond donors (Lipinski definition) is 6. The molecule has 0 fully saturated rings. The minimum atomic E-state index is -2.51. The van der Waals surface area contributed by atoms with E-state index in [1.165, 1.54) is 6.08 Å². The normalized spacial score (nSPS) is 13.0. The molecule has 0 radical (unpaired) electrons. The van der Waals surface area contributed by atoms with Crippen molar-refractivity contribution in [1.82, 2.24) is 0 Å². The van der Waals surface area contributed by atoms with Crippen molar-refractivity contribution in [2.45, 2.75) is 43.7 Å². The number of aliphatic hydroxyl groups excluding tert-OH is 6. The second-order valence-corrected chi connectivity index (χ2v) is 10.2. The van der Waals surface area contributed by atoms with E-state index in [9.17, 15) is 30.3 Å². The Kier molecular flexibility index (Phi) is 21.0. The maximum absolute atomic E-state index is 11.9. The Hall–Kier alpha value is -3.46. The molecule has 0 spiro atoms. The van der Waals surface area contributed by atoms with Gasteiger partial charge in [-0.1, -0.05) is 121 Å². The third kappa shape index (κ3) is 16.4. The summed E-state index contributed by atoms with van der Waals surface area (Å²) in [6.45, 7) is 0. The summed E-state index contributed by atoms with van der Waals surface area (Å²) in [5.41, 5.74) is 2.72. The van der Waals surface area contributed by atoms with Crippen molar-refractivity contribution in [2.24, 2.45) is 0 Å². The topological polar surface area (TPSA) is 173 Å². The van der Waals surface area contributed by atoms with Gasteiger partial charge in [0.15, 0.2) is 5.78 Å². The molecule has 0 amide bonds. The van der Waals surface area contributed by atoms with Crippen molar-refractivity contribution in [3.63, 3.8) is 0 Å². The summed E-state index contributed by atoms with van der Waals surface area (Å²) >= 11 is -2.51. The Morgan fingerprint density at radius 1 is 0.622 bits per heavy atom. The van der Waals surface area contributed by atoms with Gasteiger partial charge in [0, 0.05) is 37.5 Å². The van der Waals surface area contributed by atoms with Crippen LogP contribution in [0, 0.1) is 27.8 Å². The van der Waals surface area contributed by atoms with Gasteiger partial charge in [-0.2, -0.15) is 0 Å². The number of aliphatic hydroxyl groups is 6. The van der Waals surface area contributed by atoms with Crippen molar-refractivity contribution in [3.8, 4) is 0 Å². The Morgan fingerprint density at radius 3 is 1.40 bits per heavy atom. The average molecular weight is 843 g/mol. The van der Waals surface area contributed by atoms with Crippen LogP contribution in [0.15, 0.2) is 127 Å². The number of hydrogen-bond acceptors (Lipinski definition) is 9. The van der Waals surface area contributed by atoms with E-state index in [1.54, 1.807) is 60.7 Å². The van der Waals surface area contributed by atoms with Crippen LogP contribution < -0.4 is 0 Å². The van der Waals surface area contributed by atoms with Gasteiger partial charge in [-0.15, -0.1) is 0 Å². The second kappa shape index (κ2) is 23.9. The molecule has 0 aromatic heterocycles. The van der Waals surface area contributed by atoms with Crippen molar-refractivity contribution in [2.75, 3.05) is 7.11 Å². The van der Waals surface area contributed by atoms with E-state index < -0.39 is 52.2 Å². The molecule has 9 nitrogen and oxygen atoms in total. The van der Waals surface area contributed by atoms with E-state index >= 15 is 0 Å². The van der Waals surface area contributed by atoms with Gasteiger partial charge in [0.05, 0.1) is 24.4 Å². The Balaban J connectivity index is 0.000000394. The van der Waals surface area contributed by atoms with Crippen LogP contribution in [-0.2, 0) is 4.47 Å². The van der Waals surface area contributed by atoms with Gasteiger partial charge >= 0.3 is 32.3 Å². The molecular formula is C35H40O9U. The molecular weight excluding hydrogens is 802 g/mol. The molecule has 0 bridgehead atoms. The van der Waals surface area contributed by atoms with E-state index in [4.69, 9.17) is 9.58 Å². The molecule has 0 aliphatic rings. The first kappa shape index (κ1) is 39.6. The summed E-state index contributed by atoms with van der Waals surface area (Å²) in [4.78, 5) is 11.9. The fourth-order valence-corrected chi connectivity index (χ4v) is 4.10. The summed E-state index contributed by atoms with van der Waals surface area (Å²) in [6.07, 6.45) is -1.61. The Morgan fingerprint density at radius 2 is 0.978 bits per heavy atom. The maximum atomic E-state index is 11.9. The zero-order valence-corrected chi connectivity index (χ0v) is 29.1. The number of carbonyl (C=O) groups excluding carboxylic acids is 1. The first-order chi connectivity index (χ1) is 21.7. The molecule has 10 heteroatoms. The van der Waals surface area contributed by atoms with E-state index in [-0.39, 0.29) is 30.8 Å². The van der Waals surface area contributed by atoms with Gasteiger partial charge in [0.2, 0.25) is 0 Å². The number of carbonyl (C=O) groups is 1. The molecule has 0 saturated heterocycles. The van der Waals surface area contributed by atoms with Gasteiger partial charge in [0.1, 0.15) is 5.76 Å². The molecule has 0 aliphatic heterocycles. The van der Waals surface area contributed by atoms with Gasteiger partial charge in [-0.3, -0.25) is 4.79 Å². The molecule has 6 N–H and O–H groups in total. The van der Waals surface area contributed by atoms with Gasteiger partial charge in [0.25, 0.3) is 0 Å². The molecule has 4 unspecified atom stereocenters. The zero-order valence-electron chi connectivity index (χ0n) is 25.0. The predicted octanol–water partition coefficient (Wildman–Crippen LogP) is 5.19. The summed E-state index contributed by atoms with van der Waals surface area (Å²) in [5, 5.41) is 56.7. The standard InChI is InChI=1S/2C17H18O3.CH4O.2O.U/c2*18-15(11-16(19)13-7-3-1-4-8-13)12-17(20)14-9-5-2-6-10-14;1-2;;;/h1-10,15-16,18-19H,11-12H2;1-11,15,17-20H,12H2;2H,1H3;;;. The van der Waals surface area contributed by atoms with Crippen LogP contribution in [0.3, 0.4) is 0 Å². The van der Waals surface area contributed by atoms with Crippen LogP contribution in [0.1, 0.15) is 58.5 Å². The fraction of sp³-hybridized carbons (Fsp3) is 0.229. The number of rotatable bonds is 11. The summed E-state index contributed by atoms with van der Waals surface area (Å²) < 4.78 is 17.2. The third-order valence-corrected chi connectivity index (χ3v) is 6.27. The van der Waals surface area contributed by atoms with Gasteiger partial charge in [-0.25, -0.2) is 0 Å². The molecule has 0 saturated carbocycles. The van der Waals surface area contributed by atoms with Gasteiger partial charge in [-0.05, 0) is 17.2 Å². The molecule has 4 aromatic rings. The average Bonchev–Trinajstić information content (AvgIpc) is 3.07. The zero-order chi connectivity index (χ0) is 33.5. The predicted molar refractivity (Wildman–Crippen MR) is 166 cm³/mol. The first-order valence-corrected chi connectivity index (χ1v) is 17.5. The van der Waals surface area contributed by atoms with E-state index in [2.05, 4.69) is 0 Å². The molecule has 0 aliphatic carbocycles. The van der Waals surface area contributed by atoms with Crippen molar-refractivity contribution < 1.29 is 67.7 Å². The second-order valence-electron chi connectivity index (χ2n) is 9.54. The number of ketones is 1. The van der Waals surface area contributed by atoms with E-state index in [0.717, 1.165) is 18.2 Å². The molecule has 4 atom stereocenters. The molecule has 0 heterocycles. The SMILES string of the molecule is CO.O=C(CC(O)CC(O)c1ccccc1)c1ccccc1.OC(=CC(O)CC(O)c1ccccc1)c1ccccc1.[O]=[U]=[O]. The van der Waals surface area contributed by atoms with Crippen molar-refractivity contribution in [3.05, 3.63) is 150 Å². The monoisotopic (exact) mass is 842 g/mol. The number of Topliss-reactive ketones (excluding diaryl/α,β-unsaturated/α-hetero) is 1. The van der Waals surface area contributed by atoms with Crippen molar-refractivity contribution in [1.29, 1.82) is 0 Å². The Labute approximate surface area is 278 Å². The van der Waals surface area contributed by atoms with Crippen molar-refractivity contribution >= 4 is 11.5 Å². The molecule has 4 rings (SSSR count). The summed E-state index contributed by atoms with van der Waals surface area (Å²) in [5.74, 6) is -0.100. The van der Waals surface area contributed by atoms with Crippen LogP contribution in [0.2, 0.25) is 0 Å². The molecule has 238 valence electrons. The van der Waals surface area contributed by atoms with Crippen LogP contribution in [0.5, 0.6) is 0 Å². The molecule has 4 aromatic carbocycles. The number of benzene rings is 4. The Bertz CT molecular complexity index is 1400. The quantitative estimate of drug-likeness (QED) is 0.0879. The third-order valence-electron chi connectivity index (χ3n) is 6.27. The fourth-order valence-electron chi connectivity index (χ4n) is 4.10.